The molecule has 5 nitrogen and oxygen atoms in total. The monoisotopic (exact) mass is 560 g/mol. The van der Waals surface area contributed by atoms with Crippen LogP contribution in [0.1, 0.15) is 49.7 Å². The molecule has 0 bridgehead atoms. The summed E-state index contributed by atoms with van der Waals surface area (Å²) in [5.74, 6) is -4.35. The van der Waals surface area contributed by atoms with Crippen LogP contribution in [0.5, 0.6) is 0 Å². The summed E-state index contributed by atoms with van der Waals surface area (Å²) in [6.07, 6.45) is 13.1. The molecule has 0 radical (unpaired) electrons. The number of pyridine rings is 1. The molecule has 1 saturated heterocycles. The van der Waals surface area contributed by atoms with Crippen LogP contribution in [0.25, 0.3) is 6.08 Å². The average molecular weight is 561 g/mol. The molecule has 1 aromatic heterocycles. The van der Waals surface area contributed by atoms with E-state index in [0.717, 1.165) is 61.0 Å². The molecule has 6 rings (SSSR count). The van der Waals surface area contributed by atoms with E-state index in [1.54, 1.807) is 12.4 Å². The van der Waals surface area contributed by atoms with Crippen molar-refractivity contribution in [1.29, 1.82) is 0 Å². The van der Waals surface area contributed by atoms with Crippen LogP contribution in [0.4, 0.5) is 24.5 Å². The molecule has 41 heavy (non-hydrogen) atoms. The molecular weight excluding hydrogens is 525 g/mol. The van der Waals surface area contributed by atoms with Crippen molar-refractivity contribution in [1.82, 2.24) is 14.8 Å². The summed E-state index contributed by atoms with van der Waals surface area (Å²) in [5.41, 5.74) is 3.14. The minimum Gasteiger partial charge on any atom is -0.345 e. The second-order valence-electron chi connectivity index (χ2n) is 11.9. The zero-order valence-corrected chi connectivity index (χ0v) is 23.3. The summed E-state index contributed by atoms with van der Waals surface area (Å²) in [4.78, 5) is 24.1. The number of nitrogens with zero attached hydrogens (tertiary/aromatic N) is 4. The SMILES string of the molecule is CN(c1ccncc1)c1ccc(CN(C(=O)C=Cc2ccc(F)c(F)c2F)C2CC3(C2)CN(C2CCCC2)C3)cc1. The lowest BCUT2D eigenvalue weighted by atomic mass is 9.59. The predicted molar refractivity (Wildman–Crippen MR) is 154 cm³/mol. The maximum atomic E-state index is 14.2. The smallest absolute Gasteiger partial charge is 0.247 e. The molecule has 2 heterocycles. The van der Waals surface area contributed by atoms with E-state index in [-0.39, 0.29) is 22.9 Å². The van der Waals surface area contributed by atoms with Gasteiger partial charge in [-0.1, -0.05) is 25.0 Å². The summed E-state index contributed by atoms with van der Waals surface area (Å²) < 4.78 is 41.4. The van der Waals surface area contributed by atoms with Crippen LogP contribution in [-0.4, -0.2) is 52.9 Å². The second kappa shape index (κ2) is 11.3. The van der Waals surface area contributed by atoms with Crippen LogP contribution in [0, 0.1) is 22.9 Å². The first-order valence-electron chi connectivity index (χ1n) is 14.4. The average Bonchev–Trinajstić information content (AvgIpc) is 3.48. The number of amides is 1. The van der Waals surface area contributed by atoms with Gasteiger partial charge >= 0.3 is 0 Å². The molecule has 1 aliphatic heterocycles. The van der Waals surface area contributed by atoms with Crippen LogP contribution in [0.15, 0.2) is 67.0 Å². The van der Waals surface area contributed by atoms with Crippen molar-refractivity contribution in [3.63, 3.8) is 0 Å². The topological polar surface area (TPSA) is 39.7 Å². The summed E-state index contributed by atoms with van der Waals surface area (Å²) in [6, 6.07) is 14.8. The van der Waals surface area contributed by atoms with Crippen molar-refractivity contribution in [3.8, 4) is 0 Å². The number of benzene rings is 2. The maximum absolute atomic E-state index is 14.2. The highest BCUT2D eigenvalue weighted by molar-refractivity contribution is 5.92. The Bertz CT molecular complexity index is 1410. The van der Waals surface area contributed by atoms with Gasteiger partial charge in [-0.25, -0.2) is 13.2 Å². The van der Waals surface area contributed by atoms with E-state index in [1.807, 2.05) is 48.3 Å². The number of carbonyl (C=O) groups excluding carboxylic acids is 1. The number of hydrogen-bond donors (Lipinski definition) is 0. The lowest BCUT2D eigenvalue weighted by Gasteiger charge is -2.62. The molecule has 1 amide bonds. The highest BCUT2D eigenvalue weighted by Crippen LogP contribution is 2.52. The van der Waals surface area contributed by atoms with Gasteiger partial charge in [0.25, 0.3) is 0 Å². The first-order valence-corrected chi connectivity index (χ1v) is 14.4. The van der Waals surface area contributed by atoms with Gasteiger partial charge in [-0.2, -0.15) is 0 Å². The Hall–Kier alpha value is -3.65. The number of anilines is 2. The van der Waals surface area contributed by atoms with Crippen molar-refractivity contribution >= 4 is 23.4 Å². The van der Waals surface area contributed by atoms with E-state index in [2.05, 4.69) is 14.8 Å². The Morgan fingerprint density at radius 3 is 2.29 bits per heavy atom. The number of likely N-dealkylation sites (tertiary alicyclic amines) is 1. The first-order chi connectivity index (χ1) is 19.8. The normalized spacial score (nSPS) is 18.9. The van der Waals surface area contributed by atoms with Gasteiger partial charge in [0.1, 0.15) is 0 Å². The Morgan fingerprint density at radius 2 is 1.61 bits per heavy atom. The summed E-state index contributed by atoms with van der Waals surface area (Å²) >= 11 is 0. The third kappa shape index (κ3) is 5.62. The Morgan fingerprint density at radius 1 is 0.951 bits per heavy atom. The summed E-state index contributed by atoms with van der Waals surface area (Å²) in [5, 5.41) is 0. The largest absolute Gasteiger partial charge is 0.345 e. The van der Waals surface area contributed by atoms with E-state index in [9.17, 15) is 18.0 Å². The molecule has 8 heteroatoms. The van der Waals surface area contributed by atoms with Crippen LogP contribution in [0.3, 0.4) is 0 Å². The first kappa shape index (κ1) is 27.5. The number of rotatable bonds is 8. The fourth-order valence-corrected chi connectivity index (χ4v) is 6.81. The second-order valence-corrected chi connectivity index (χ2v) is 11.9. The van der Waals surface area contributed by atoms with Gasteiger partial charge in [0.2, 0.25) is 5.91 Å². The van der Waals surface area contributed by atoms with Crippen molar-refractivity contribution in [2.24, 2.45) is 5.41 Å². The van der Waals surface area contributed by atoms with E-state index < -0.39 is 17.5 Å². The van der Waals surface area contributed by atoms with E-state index in [4.69, 9.17) is 0 Å². The maximum Gasteiger partial charge on any atom is 0.247 e. The highest BCUT2D eigenvalue weighted by atomic mass is 19.2. The molecule has 2 aromatic carbocycles. The van der Waals surface area contributed by atoms with E-state index in [1.165, 1.54) is 37.8 Å². The molecule has 0 N–H and O–H groups in total. The fourth-order valence-electron chi connectivity index (χ4n) is 6.81. The molecule has 3 aliphatic rings. The van der Waals surface area contributed by atoms with E-state index in [0.29, 0.717) is 6.54 Å². The van der Waals surface area contributed by atoms with Crippen LogP contribution in [-0.2, 0) is 11.3 Å². The third-order valence-electron chi connectivity index (χ3n) is 9.18. The van der Waals surface area contributed by atoms with Crippen LogP contribution < -0.4 is 4.90 Å². The summed E-state index contributed by atoms with van der Waals surface area (Å²) in [7, 11) is 1.99. The minimum atomic E-state index is -1.54. The van der Waals surface area contributed by atoms with Gasteiger partial charge < -0.3 is 9.80 Å². The van der Waals surface area contributed by atoms with Crippen LogP contribution >= 0.6 is 0 Å². The Labute approximate surface area is 239 Å². The number of aromatic nitrogens is 1. The Kier molecular flexibility index (Phi) is 7.60. The quantitative estimate of drug-likeness (QED) is 0.227. The molecule has 214 valence electrons. The van der Waals surface area contributed by atoms with Crippen molar-refractivity contribution in [2.45, 2.75) is 57.2 Å². The molecule has 2 aliphatic carbocycles. The van der Waals surface area contributed by atoms with Gasteiger partial charge in [0, 0.05) is 74.2 Å². The number of carbonyl (C=O) groups is 1. The molecule has 3 fully saturated rings. The molecule has 0 atom stereocenters. The fraction of sp³-hybridized carbons (Fsp3) is 0.394. The molecule has 2 saturated carbocycles. The van der Waals surface area contributed by atoms with Crippen molar-refractivity contribution in [2.75, 3.05) is 25.0 Å². The lowest BCUT2D eigenvalue weighted by molar-refractivity contribution is -0.149. The van der Waals surface area contributed by atoms with Gasteiger partial charge in [0.05, 0.1) is 0 Å². The van der Waals surface area contributed by atoms with Gasteiger partial charge in [-0.3, -0.25) is 14.7 Å². The van der Waals surface area contributed by atoms with Gasteiger partial charge in [-0.15, -0.1) is 0 Å². The van der Waals surface area contributed by atoms with Crippen LogP contribution in [0.2, 0.25) is 0 Å². The summed E-state index contributed by atoms with van der Waals surface area (Å²) in [6.45, 7) is 2.61. The zero-order chi connectivity index (χ0) is 28.6. The number of hydrogen-bond acceptors (Lipinski definition) is 4. The Balaban J connectivity index is 1.17. The van der Waals surface area contributed by atoms with Crippen molar-refractivity contribution < 1.29 is 18.0 Å². The number of halogens is 3. The minimum absolute atomic E-state index is 0.0758. The lowest BCUT2D eigenvalue weighted by Crippen LogP contribution is -2.68. The molecule has 1 spiro atoms. The molecule has 0 unspecified atom stereocenters. The van der Waals surface area contributed by atoms with Gasteiger partial charge in [0.15, 0.2) is 17.5 Å². The zero-order valence-electron chi connectivity index (χ0n) is 23.3. The third-order valence-corrected chi connectivity index (χ3v) is 9.18. The molecule has 3 aromatic rings. The van der Waals surface area contributed by atoms with Crippen molar-refractivity contribution in [3.05, 3.63) is 95.6 Å². The van der Waals surface area contributed by atoms with Gasteiger partial charge in [-0.05, 0) is 79.1 Å². The molecular formula is C33H35F3N4O. The highest BCUT2D eigenvalue weighted by Gasteiger charge is 2.55. The van der Waals surface area contributed by atoms with E-state index >= 15 is 0 Å². The standard InChI is InChI=1S/C33H35F3N4O/c1-38(26-14-16-37-17-15-26)25-10-6-23(7-11-25)20-40(30(41)13-9-24-8-12-29(34)32(36)31(24)35)28-18-33(19-28)21-39(22-33)27-4-2-3-5-27/h6-17,27-28H,2-5,18-22H2,1H3. The predicted octanol–water partition coefficient (Wildman–Crippen LogP) is 6.72.